The van der Waals surface area contributed by atoms with Gasteiger partial charge in [-0.1, -0.05) is 6.92 Å². The second kappa shape index (κ2) is 5.45. The number of rotatable bonds is 4. The van der Waals surface area contributed by atoms with Crippen molar-refractivity contribution in [2.45, 2.75) is 20.3 Å². The van der Waals surface area contributed by atoms with Crippen LogP contribution in [0.25, 0.3) is 0 Å². The molecule has 0 spiro atoms. The highest BCUT2D eigenvalue weighted by Gasteiger charge is 2.07. The van der Waals surface area contributed by atoms with E-state index in [0.717, 1.165) is 6.42 Å². The van der Waals surface area contributed by atoms with Gasteiger partial charge < -0.3 is 5.32 Å². The van der Waals surface area contributed by atoms with Crippen LogP contribution in [0.5, 0.6) is 0 Å². The lowest BCUT2D eigenvalue weighted by atomic mass is 10.4. The van der Waals surface area contributed by atoms with Gasteiger partial charge in [-0.15, -0.1) is 11.3 Å². The maximum absolute atomic E-state index is 11.2. The fourth-order valence-corrected chi connectivity index (χ4v) is 1.62. The molecule has 2 N–H and O–H groups in total. The van der Waals surface area contributed by atoms with Crippen molar-refractivity contribution in [3.05, 3.63) is 11.1 Å². The lowest BCUT2D eigenvalue weighted by Gasteiger charge is -2.02. The maximum Gasteiger partial charge on any atom is 0.321 e. The molecule has 0 radical (unpaired) electrons. The molecule has 1 aromatic rings. The van der Waals surface area contributed by atoms with Crippen LogP contribution in [-0.4, -0.2) is 23.3 Å². The molecule has 2 amide bonds. The number of Topliss-reactive ketones (excluding diaryl/α,β-unsaturated/α-hetero) is 1. The number of carbonyl (C=O) groups is 2. The predicted octanol–water partition coefficient (Wildman–Crippen LogP) is 1.88. The normalized spacial score (nSPS) is 9.73. The second-order valence-electron chi connectivity index (χ2n) is 2.97. The number of nitrogens with zero attached hydrogens (tertiary/aromatic N) is 1. The van der Waals surface area contributed by atoms with Crippen LogP contribution in [-0.2, 0) is 0 Å². The van der Waals surface area contributed by atoms with E-state index in [1.165, 1.54) is 18.3 Å². The third-order valence-corrected chi connectivity index (χ3v) is 2.38. The van der Waals surface area contributed by atoms with Gasteiger partial charge in [0.15, 0.2) is 10.9 Å². The molecular weight excluding hydrogens is 214 g/mol. The van der Waals surface area contributed by atoms with Gasteiger partial charge >= 0.3 is 6.03 Å². The van der Waals surface area contributed by atoms with E-state index in [9.17, 15) is 9.59 Å². The van der Waals surface area contributed by atoms with Crippen LogP contribution in [0.1, 0.15) is 30.8 Å². The highest BCUT2D eigenvalue weighted by Crippen LogP contribution is 2.15. The van der Waals surface area contributed by atoms with Crippen molar-refractivity contribution in [3.63, 3.8) is 0 Å². The SMILES string of the molecule is CCCNC(=O)Nc1nc(C(C)=O)cs1. The first-order valence-corrected chi connectivity index (χ1v) is 5.52. The Morgan fingerprint density at radius 2 is 2.27 bits per heavy atom. The van der Waals surface area contributed by atoms with E-state index in [-0.39, 0.29) is 11.8 Å². The summed E-state index contributed by atoms with van der Waals surface area (Å²) in [6.07, 6.45) is 0.879. The molecular formula is C9H13N3O2S. The number of nitrogens with one attached hydrogen (secondary N) is 2. The number of anilines is 1. The number of carbonyl (C=O) groups excluding carboxylic acids is 2. The largest absolute Gasteiger partial charge is 0.338 e. The summed E-state index contributed by atoms with van der Waals surface area (Å²) in [5, 5.41) is 7.27. The number of urea groups is 1. The zero-order valence-electron chi connectivity index (χ0n) is 8.66. The summed E-state index contributed by atoms with van der Waals surface area (Å²) in [6, 6.07) is -0.290. The zero-order chi connectivity index (χ0) is 11.3. The van der Waals surface area contributed by atoms with Gasteiger partial charge in [0, 0.05) is 18.8 Å². The number of ketones is 1. The zero-order valence-corrected chi connectivity index (χ0v) is 9.48. The molecule has 1 heterocycles. The van der Waals surface area contributed by atoms with Crippen molar-refractivity contribution in [2.24, 2.45) is 0 Å². The van der Waals surface area contributed by atoms with Crippen LogP contribution < -0.4 is 10.6 Å². The molecule has 0 saturated carbocycles. The van der Waals surface area contributed by atoms with Gasteiger partial charge in [-0.2, -0.15) is 0 Å². The lowest BCUT2D eigenvalue weighted by Crippen LogP contribution is -2.29. The molecule has 0 aliphatic carbocycles. The number of amides is 2. The van der Waals surface area contributed by atoms with Gasteiger partial charge in [0.1, 0.15) is 5.69 Å². The molecule has 5 nitrogen and oxygen atoms in total. The van der Waals surface area contributed by atoms with Crippen LogP contribution in [0.3, 0.4) is 0 Å². The van der Waals surface area contributed by atoms with Crippen molar-refractivity contribution < 1.29 is 9.59 Å². The Morgan fingerprint density at radius 1 is 1.53 bits per heavy atom. The average Bonchev–Trinajstić information content (AvgIpc) is 2.63. The molecule has 1 rings (SSSR count). The van der Waals surface area contributed by atoms with E-state index in [4.69, 9.17) is 0 Å². The van der Waals surface area contributed by atoms with Crippen LogP contribution in [0.4, 0.5) is 9.93 Å². The van der Waals surface area contributed by atoms with Gasteiger partial charge in [-0.05, 0) is 6.42 Å². The van der Waals surface area contributed by atoms with Crippen LogP contribution in [0.15, 0.2) is 5.38 Å². The number of hydrogen-bond acceptors (Lipinski definition) is 4. The fourth-order valence-electron chi connectivity index (χ4n) is 0.873. The standard InChI is InChI=1S/C9H13N3O2S/c1-3-4-10-8(14)12-9-11-7(5-15-9)6(2)13/h5H,3-4H2,1-2H3,(H2,10,11,12,14). The molecule has 0 bridgehead atoms. The minimum atomic E-state index is -0.290. The molecule has 15 heavy (non-hydrogen) atoms. The summed E-state index contributed by atoms with van der Waals surface area (Å²) < 4.78 is 0. The fraction of sp³-hybridized carbons (Fsp3) is 0.444. The molecule has 0 atom stereocenters. The topological polar surface area (TPSA) is 71.1 Å². The summed E-state index contributed by atoms with van der Waals surface area (Å²) in [4.78, 5) is 26.1. The van der Waals surface area contributed by atoms with E-state index in [1.807, 2.05) is 6.92 Å². The van der Waals surface area contributed by atoms with E-state index in [2.05, 4.69) is 15.6 Å². The second-order valence-corrected chi connectivity index (χ2v) is 3.83. The van der Waals surface area contributed by atoms with Crippen LogP contribution in [0, 0.1) is 0 Å². The Hall–Kier alpha value is -1.43. The molecule has 6 heteroatoms. The van der Waals surface area contributed by atoms with Crippen molar-refractivity contribution in [1.29, 1.82) is 0 Å². The van der Waals surface area contributed by atoms with E-state index < -0.39 is 0 Å². The molecule has 1 aromatic heterocycles. The van der Waals surface area contributed by atoms with Gasteiger partial charge in [-0.3, -0.25) is 10.1 Å². The Kier molecular flexibility index (Phi) is 4.23. The van der Waals surface area contributed by atoms with Crippen molar-refractivity contribution >= 4 is 28.3 Å². The summed E-state index contributed by atoms with van der Waals surface area (Å²) >= 11 is 1.24. The van der Waals surface area contributed by atoms with Gasteiger partial charge in [0.25, 0.3) is 0 Å². The Balaban J connectivity index is 2.50. The van der Waals surface area contributed by atoms with Crippen LogP contribution >= 0.6 is 11.3 Å². The first-order chi connectivity index (χ1) is 7.13. The lowest BCUT2D eigenvalue weighted by molar-refractivity contribution is 0.101. The highest BCUT2D eigenvalue weighted by atomic mass is 32.1. The molecule has 0 fully saturated rings. The smallest absolute Gasteiger partial charge is 0.321 e. The van der Waals surface area contributed by atoms with Gasteiger partial charge in [-0.25, -0.2) is 9.78 Å². The third-order valence-electron chi connectivity index (χ3n) is 1.62. The third kappa shape index (κ3) is 3.67. The van der Waals surface area contributed by atoms with Crippen molar-refractivity contribution in [3.8, 4) is 0 Å². The monoisotopic (exact) mass is 227 g/mol. The quantitative estimate of drug-likeness (QED) is 0.771. The number of aromatic nitrogens is 1. The molecule has 0 aliphatic heterocycles. The molecule has 82 valence electrons. The first-order valence-electron chi connectivity index (χ1n) is 4.64. The summed E-state index contributed by atoms with van der Waals surface area (Å²) in [6.45, 7) is 4.03. The summed E-state index contributed by atoms with van der Waals surface area (Å²) in [7, 11) is 0. The average molecular weight is 227 g/mol. The van der Waals surface area contributed by atoms with Gasteiger partial charge in [0.05, 0.1) is 0 Å². The molecule has 0 aromatic carbocycles. The summed E-state index contributed by atoms with van der Waals surface area (Å²) in [5.41, 5.74) is 0.380. The van der Waals surface area contributed by atoms with Gasteiger partial charge in [0.2, 0.25) is 0 Å². The number of hydrogen-bond donors (Lipinski definition) is 2. The minimum Gasteiger partial charge on any atom is -0.338 e. The molecule has 0 saturated heterocycles. The van der Waals surface area contributed by atoms with Crippen molar-refractivity contribution in [2.75, 3.05) is 11.9 Å². The predicted molar refractivity (Wildman–Crippen MR) is 59.4 cm³/mol. The van der Waals surface area contributed by atoms with E-state index >= 15 is 0 Å². The van der Waals surface area contributed by atoms with Crippen molar-refractivity contribution in [1.82, 2.24) is 10.3 Å². The molecule has 0 aliphatic rings. The van der Waals surface area contributed by atoms with Crippen LogP contribution in [0.2, 0.25) is 0 Å². The highest BCUT2D eigenvalue weighted by molar-refractivity contribution is 7.14. The Labute approximate surface area is 91.9 Å². The number of thiazole rings is 1. The minimum absolute atomic E-state index is 0.103. The Morgan fingerprint density at radius 3 is 2.80 bits per heavy atom. The maximum atomic E-state index is 11.2. The first kappa shape index (κ1) is 11.6. The Bertz CT molecular complexity index is 362. The molecule has 0 unspecified atom stereocenters. The summed E-state index contributed by atoms with van der Waals surface area (Å²) in [5.74, 6) is -0.103. The van der Waals surface area contributed by atoms with E-state index in [0.29, 0.717) is 17.4 Å². The van der Waals surface area contributed by atoms with E-state index in [1.54, 1.807) is 5.38 Å².